The van der Waals surface area contributed by atoms with E-state index < -0.39 is 23.8 Å². The van der Waals surface area contributed by atoms with Gasteiger partial charge in [0.15, 0.2) is 5.75 Å². The van der Waals surface area contributed by atoms with Crippen molar-refractivity contribution in [1.29, 1.82) is 0 Å². The van der Waals surface area contributed by atoms with Crippen LogP contribution in [0.2, 0.25) is 10.0 Å². The maximum Gasteiger partial charge on any atom is 0.337 e. The van der Waals surface area contributed by atoms with Crippen LogP contribution in [0.5, 0.6) is 5.75 Å². The molecule has 0 aliphatic carbocycles. The number of fused-ring (bicyclic) bond motifs is 1. The molecule has 1 saturated heterocycles. The summed E-state index contributed by atoms with van der Waals surface area (Å²) in [6, 6.07) is 21.5. The number of methoxy groups -OCH3 is 1. The molecule has 0 atom stereocenters. The number of amides is 4. The Labute approximate surface area is 238 Å². The van der Waals surface area contributed by atoms with E-state index in [1.807, 2.05) is 42.5 Å². The summed E-state index contributed by atoms with van der Waals surface area (Å²) >= 11 is 13.0. The summed E-state index contributed by atoms with van der Waals surface area (Å²) in [6.07, 6.45) is 1.28. The molecule has 4 aromatic rings. The van der Waals surface area contributed by atoms with Gasteiger partial charge in [-0.15, -0.1) is 0 Å². The van der Waals surface area contributed by atoms with Gasteiger partial charge in [-0.05, 0) is 64.4 Å². The third-order valence-corrected chi connectivity index (χ3v) is 6.79. The number of rotatable bonds is 6. The molecule has 1 aliphatic heterocycles. The molecule has 4 amide bonds. The van der Waals surface area contributed by atoms with Crippen LogP contribution in [0.4, 0.5) is 10.5 Å². The summed E-state index contributed by atoms with van der Waals surface area (Å²) in [5.74, 6) is -2.06. The minimum absolute atomic E-state index is 0.154. The van der Waals surface area contributed by atoms with Gasteiger partial charge in [0, 0.05) is 0 Å². The molecule has 200 valence electrons. The average Bonchev–Trinajstić information content (AvgIpc) is 2.94. The highest BCUT2D eigenvalue weighted by molar-refractivity contribution is 6.40. The van der Waals surface area contributed by atoms with Crippen molar-refractivity contribution in [3.8, 4) is 5.75 Å². The van der Waals surface area contributed by atoms with Crippen molar-refractivity contribution in [1.82, 2.24) is 5.32 Å². The summed E-state index contributed by atoms with van der Waals surface area (Å²) < 4.78 is 10.6. The molecular formula is C30H20Cl2N2O6. The SMILES string of the molecule is COC(=O)c1ccc(N2C(=O)NC(=O)/C(=C\c3cc(Cl)c(OCc4cccc5ccccc45)c(Cl)c3)C2=O)cc1. The van der Waals surface area contributed by atoms with Crippen LogP contribution >= 0.6 is 23.2 Å². The number of esters is 1. The van der Waals surface area contributed by atoms with Crippen LogP contribution < -0.4 is 15.0 Å². The Morgan fingerprint density at radius 3 is 2.30 bits per heavy atom. The highest BCUT2D eigenvalue weighted by Gasteiger charge is 2.37. The van der Waals surface area contributed by atoms with E-state index in [1.165, 1.54) is 49.6 Å². The van der Waals surface area contributed by atoms with Crippen molar-refractivity contribution >= 4 is 69.6 Å². The maximum atomic E-state index is 13.2. The second-order valence-electron chi connectivity index (χ2n) is 8.74. The molecule has 4 aromatic carbocycles. The van der Waals surface area contributed by atoms with E-state index in [-0.39, 0.29) is 39.2 Å². The summed E-state index contributed by atoms with van der Waals surface area (Å²) in [7, 11) is 1.24. The van der Waals surface area contributed by atoms with Gasteiger partial charge in [-0.3, -0.25) is 14.9 Å². The number of carbonyl (C=O) groups is 4. The number of nitrogens with zero attached hydrogens (tertiary/aromatic N) is 1. The van der Waals surface area contributed by atoms with Crippen LogP contribution in [-0.4, -0.2) is 30.9 Å². The first kappa shape index (κ1) is 26.9. The standard InChI is InChI=1S/C30H20Cl2N2O6/c1-39-29(37)19-9-11-21(12-10-19)34-28(36)23(27(35)33-30(34)38)13-17-14-24(31)26(25(32)15-17)40-16-20-7-4-6-18-5-2-3-8-22(18)20/h2-15H,16H2,1H3,(H,33,35,38)/b23-13+. The molecule has 0 radical (unpaired) electrons. The molecule has 1 N–H and O–H groups in total. The largest absolute Gasteiger partial charge is 0.486 e. The zero-order valence-corrected chi connectivity index (χ0v) is 22.5. The van der Waals surface area contributed by atoms with E-state index >= 15 is 0 Å². The smallest absolute Gasteiger partial charge is 0.337 e. The van der Waals surface area contributed by atoms with Crippen LogP contribution in [0.1, 0.15) is 21.5 Å². The van der Waals surface area contributed by atoms with Crippen LogP contribution in [0.25, 0.3) is 16.8 Å². The topological polar surface area (TPSA) is 102 Å². The van der Waals surface area contributed by atoms with Gasteiger partial charge in [0.05, 0.1) is 28.4 Å². The number of halogens is 2. The lowest BCUT2D eigenvalue weighted by Gasteiger charge is -2.26. The Morgan fingerprint density at radius 2 is 1.60 bits per heavy atom. The zero-order chi connectivity index (χ0) is 28.4. The molecule has 5 rings (SSSR count). The van der Waals surface area contributed by atoms with Gasteiger partial charge in [-0.2, -0.15) is 0 Å². The maximum absolute atomic E-state index is 13.2. The number of hydrogen-bond acceptors (Lipinski definition) is 6. The third kappa shape index (κ3) is 5.27. The Balaban J connectivity index is 1.40. The molecule has 1 aliphatic rings. The molecule has 8 nitrogen and oxygen atoms in total. The molecule has 0 aromatic heterocycles. The van der Waals surface area contributed by atoms with E-state index in [0.717, 1.165) is 21.2 Å². The van der Waals surface area contributed by atoms with Crippen molar-refractivity contribution in [2.45, 2.75) is 6.61 Å². The fraction of sp³-hybridized carbons (Fsp3) is 0.0667. The van der Waals surface area contributed by atoms with Crippen molar-refractivity contribution < 1.29 is 28.7 Å². The summed E-state index contributed by atoms with van der Waals surface area (Å²) in [6.45, 7) is 0.216. The van der Waals surface area contributed by atoms with Crippen LogP contribution in [-0.2, 0) is 20.9 Å². The first-order valence-electron chi connectivity index (χ1n) is 11.9. The Kier molecular flexibility index (Phi) is 7.55. The highest BCUT2D eigenvalue weighted by atomic mass is 35.5. The fourth-order valence-corrected chi connectivity index (χ4v) is 4.91. The van der Waals surface area contributed by atoms with Crippen LogP contribution in [0, 0.1) is 0 Å². The number of hydrogen-bond donors (Lipinski definition) is 1. The Hall–Kier alpha value is -4.66. The Morgan fingerprint density at radius 1 is 0.925 bits per heavy atom. The van der Waals surface area contributed by atoms with E-state index in [1.54, 1.807) is 0 Å². The molecular weight excluding hydrogens is 555 g/mol. The van der Waals surface area contributed by atoms with E-state index in [4.69, 9.17) is 27.9 Å². The highest BCUT2D eigenvalue weighted by Crippen LogP contribution is 2.36. The van der Waals surface area contributed by atoms with Crippen molar-refractivity contribution in [2.75, 3.05) is 12.0 Å². The molecule has 0 unspecified atom stereocenters. The number of anilines is 1. The molecule has 1 heterocycles. The zero-order valence-electron chi connectivity index (χ0n) is 20.9. The quantitative estimate of drug-likeness (QED) is 0.167. The van der Waals surface area contributed by atoms with Gasteiger partial charge >= 0.3 is 12.0 Å². The first-order valence-corrected chi connectivity index (χ1v) is 12.7. The lowest BCUT2D eigenvalue weighted by Crippen LogP contribution is -2.54. The average molecular weight is 575 g/mol. The Bertz CT molecular complexity index is 1690. The number of urea groups is 1. The van der Waals surface area contributed by atoms with Gasteiger partial charge in [-0.25, -0.2) is 14.5 Å². The predicted octanol–water partition coefficient (Wildman–Crippen LogP) is 6.18. The van der Waals surface area contributed by atoms with E-state index in [2.05, 4.69) is 10.1 Å². The minimum Gasteiger partial charge on any atom is -0.486 e. The van der Waals surface area contributed by atoms with E-state index in [0.29, 0.717) is 5.56 Å². The first-order chi connectivity index (χ1) is 19.3. The third-order valence-electron chi connectivity index (χ3n) is 6.23. The normalized spacial score (nSPS) is 14.4. The van der Waals surface area contributed by atoms with Gasteiger partial charge in [0.1, 0.15) is 12.2 Å². The molecule has 0 bridgehead atoms. The minimum atomic E-state index is -0.925. The number of ether oxygens (including phenoxy) is 2. The summed E-state index contributed by atoms with van der Waals surface area (Å²) in [4.78, 5) is 50.8. The molecule has 0 saturated carbocycles. The van der Waals surface area contributed by atoms with Gasteiger partial charge in [0.2, 0.25) is 0 Å². The van der Waals surface area contributed by atoms with Crippen LogP contribution in [0.15, 0.2) is 84.4 Å². The lowest BCUT2D eigenvalue weighted by atomic mass is 10.1. The second kappa shape index (κ2) is 11.2. The fourth-order valence-electron chi connectivity index (χ4n) is 4.29. The lowest BCUT2D eigenvalue weighted by molar-refractivity contribution is -0.122. The van der Waals surface area contributed by atoms with Crippen molar-refractivity contribution in [3.05, 3.63) is 111 Å². The van der Waals surface area contributed by atoms with E-state index in [9.17, 15) is 19.2 Å². The van der Waals surface area contributed by atoms with Crippen molar-refractivity contribution in [3.63, 3.8) is 0 Å². The number of imide groups is 2. The molecule has 40 heavy (non-hydrogen) atoms. The second-order valence-corrected chi connectivity index (χ2v) is 9.55. The number of nitrogens with one attached hydrogen (secondary N) is 1. The summed E-state index contributed by atoms with van der Waals surface area (Å²) in [5, 5.41) is 4.61. The van der Waals surface area contributed by atoms with Gasteiger partial charge < -0.3 is 9.47 Å². The number of barbiturate groups is 1. The summed E-state index contributed by atoms with van der Waals surface area (Å²) in [5.41, 5.74) is 1.37. The molecule has 1 fully saturated rings. The number of carbonyl (C=O) groups excluding carboxylic acids is 4. The van der Waals surface area contributed by atoms with Gasteiger partial charge in [-0.1, -0.05) is 65.7 Å². The van der Waals surface area contributed by atoms with Crippen molar-refractivity contribution in [2.24, 2.45) is 0 Å². The monoisotopic (exact) mass is 574 g/mol. The predicted molar refractivity (Wildman–Crippen MR) is 152 cm³/mol. The van der Waals surface area contributed by atoms with Gasteiger partial charge in [0.25, 0.3) is 11.8 Å². The number of benzene rings is 4. The van der Waals surface area contributed by atoms with Crippen LogP contribution in [0.3, 0.4) is 0 Å². The molecule has 10 heteroatoms. The molecule has 0 spiro atoms.